The van der Waals surface area contributed by atoms with E-state index in [-0.39, 0.29) is 5.56 Å². The lowest BCUT2D eigenvalue weighted by atomic mass is 10.2. The molecule has 0 aliphatic carbocycles. The third-order valence-corrected chi connectivity index (χ3v) is 3.20. The van der Waals surface area contributed by atoms with Crippen LogP contribution < -0.4 is 5.56 Å². The van der Waals surface area contributed by atoms with E-state index in [9.17, 15) is 9.59 Å². The lowest BCUT2D eigenvalue weighted by Crippen LogP contribution is -2.27. The van der Waals surface area contributed by atoms with Crippen LogP contribution in [0.1, 0.15) is 16.1 Å². The van der Waals surface area contributed by atoms with Crippen molar-refractivity contribution in [3.63, 3.8) is 0 Å². The maximum Gasteiger partial charge on any atom is 0.342 e. The summed E-state index contributed by atoms with van der Waals surface area (Å²) in [6.07, 6.45) is 0. The predicted molar refractivity (Wildman–Crippen MR) is 71.4 cm³/mol. The third-order valence-electron chi connectivity index (χ3n) is 2.57. The highest BCUT2D eigenvalue weighted by Crippen LogP contribution is 2.17. The summed E-state index contributed by atoms with van der Waals surface area (Å²) in [6, 6.07) is 10.6. The second-order valence-corrected chi connectivity index (χ2v) is 4.64. The van der Waals surface area contributed by atoms with Gasteiger partial charge in [-0.2, -0.15) is 0 Å². The normalized spacial score (nSPS) is 10.3. The van der Waals surface area contributed by atoms with Crippen molar-refractivity contribution in [2.75, 3.05) is 0 Å². The fourth-order valence-corrected chi connectivity index (χ4v) is 2.46. The van der Waals surface area contributed by atoms with Crippen LogP contribution in [0.15, 0.2) is 45.7 Å². The second-order valence-electron chi connectivity index (χ2n) is 3.79. The zero-order valence-electron chi connectivity index (χ0n) is 9.55. The number of para-hydroxylation sites is 1. The molecule has 0 bridgehead atoms. The monoisotopic (exact) mass is 307 g/mol. The van der Waals surface area contributed by atoms with Gasteiger partial charge in [-0.05, 0) is 41.1 Å². The highest BCUT2D eigenvalue weighted by atomic mass is 79.9. The first-order valence-corrected chi connectivity index (χ1v) is 6.02. The number of aryl methyl sites for hydroxylation is 1. The van der Waals surface area contributed by atoms with E-state index in [0.717, 1.165) is 0 Å². The molecule has 92 valence electrons. The van der Waals surface area contributed by atoms with Gasteiger partial charge in [-0.25, -0.2) is 4.79 Å². The Morgan fingerprint density at radius 1 is 1.28 bits per heavy atom. The molecular formula is C13H10BrNO3. The summed E-state index contributed by atoms with van der Waals surface area (Å²) in [6.45, 7) is 1.75. The number of nitrogens with zero attached hydrogens (tertiary/aromatic N) is 1. The molecule has 1 aromatic heterocycles. The lowest BCUT2D eigenvalue weighted by Gasteiger charge is -2.11. The van der Waals surface area contributed by atoms with E-state index in [1.54, 1.807) is 37.3 Å². The van der Waals surface area contributed by atoms with Crippen LogP contribution in [0, 0.1) is 6.92 Å². The molecule has 0 saturated carbocycles. The van der Waals surface area contributed by atoms with Gasteiger partial charge in [0.2, 0.25) is 0 Å². The van der Waals surface area contributed by atoms with E-state index in [0.29, 0.717) is 15.9 Å². The topological polar surface area (TPSA) is 59.3 Å². The van der Waals surface area contributed by atoms with Crippen LogP contribution in [0.4, 0.5) is 0 Å². The number of halogens is 1. The number of rotatable bonds is 2. The summed E-state index contributed by atoms with van der Waals surface area (Å²) >= 11 is 3.11. The number of benzene rings is 1. The van der Waals surface area contributed by atoms with Gasteiger partial charge in [0.25, 0.3) is 5.56 Å². The number of aromatic nitrogens is 1. The van der Waals surface area contributed by atoms with Crippen molar-refractivity contribution in [2.45, 2.75) is 6.92 Å². The maximum atomic E-state index is 12.2. The largest absolute Gasteiger partial charge is 0.477 e. The molecule has 0 unspecified atom stereocenters. The van der Waals surface area contributed by atoms with Crippen molar-refractivity contribution in [3.05, 3.63) is 62.5 Å². The molecule has 0 aliphatic rings. The van der Waals surface area contributed by atoms with E-state index in [1.807, 2.05) is 6.07 Å². The first-order valence-electron chi connectivity index (χ1n) is 5.23. The second kappa shape index (κ2) is 4.78. The van der Waals surface area contributed by atoms with Gasteiger partial charge in [0.15, 0.2) is 0 Å². The summed E-state index contributed by atoms with van der Waals surface area (Å²) in [7, 11) is 0. The number of hydrogen-bond donors (Lipinski definition) is 1. The van der Waals surface area contributed by atoms with Crippen LogP contribution in [0.5, 0.6) is 0 Å². The van der Waals surface area contributed by atoms with E-state index in [4.69, 9.17) is 5.11 Å². The van der Waals surface area contributed by atoms with Gasteiger partial charge in [0.1, 0.15) is 5.56 Å². The van der Waals surface area contributed by atoms with Crippen LogP contribution in [0.3, 0.4) is 0 Å². The summed E-state index contributed by atoms with van der Waals surface area (Å²) in [4.78, 5) is 23.3. The van der Waals surface area contributed by atoms with Crippen LogP contribution in [-0.2, 0) is 0 Å². The quantitative estimate of drug-likeness (QED) is 0.927. The zero-order chi connectivity index (χ0) is 13.3. The van der Waals surface area contributed by atoms with Gasteiger partial charge in [-0.1, -0.05) is 18.2 Å². The molecule has 1 N–H and O–H groups in total. The molecule has 0 aliphatic heterocycles. The minimum atomic E-state index is -1.24. The Kier molecular flexibility index (Phi) is 3.34. The Bertz CT molecular complexity index is 662. The smallest absolute Gasteiger partial charge is 0.342 e. The minimum Gasteiger partial charge on any atom is -0.477 e. The Balaban J connectivity index is 2.81. The highest BCUT2D eigenvalue weighted by Gasteiger charge is 2.18. The fourth-order valence-electron chi connectivity index (χ4n) is 1.79. The molecule has 18 heavy (non-hydrogen) atoms. The minimum absolute atomic E-state index is 0.260. The standard InChI is InChI=1S/C13H10BrNO3/c1-8-7-10(14)11(13(17)18)12(16)15(8)9-5-3-2-4-6-9/h2-7H,1H3,(H,17,18). The molecule has 0 fully saturated rings. The molecule has 0 amide bonds. The molecule has 0 spiro atoms. The number of hydrogen-bond acceptors (Lipinski definition) is 2. The van der Waals surface area contributed by atoms with Crippen LogP contribution in [0.25, 0.3) is 5.69 Å². The molecule has 1 aromatic carbocycles. The number of pyridine rings is 1. The lowest BCUT2D eigenvalue weighted by molar-refractivity contribution is 0.0693. The van der Waals surface area contributed by atoms with Gasteiger partial charge in [-0.15, -0.1) is 0 Å². The first-order chi connectivity index (χ1) is 8.52. The Labute approximate surface area is 112 Å². The van der Waals surface area contributed by atoms with Crippen LogP contribution in [-0.4, -0.2) is 15.6 Å². The van der Waals surface area contributed by atoms with Crippen molar-refractivity contribution < 1.29 is 9.90 Å². The van der Waals surface area contributed by atoms with Crippen molar-refractivity contribution in [1.29, 1.82) is 0 Å². The average Bonchev–Trinajstić information content (AvgIpc) is 2.28. The molecule has 0 radical (unpaired) electrons. The molecule has 1 heterocycles. The predicted octanol–water partition coefficient (Wildman–Crippen LogP) is 2.61. The first kappa shape index (κ1) is 12.6. The molecule has 0 atom stereocenters. The highest BCUT2D eigenvalue weighted by molar-refractivity contribution is 9.10. The van der Waals surface area contributed by atoms with Crippen molar-refractivity contribution in [1.82, 2.24) is 4.57 Å². The number of carboxylic acids is 1. The maximum absolute atomic E-state index is 12.2. The van der Waals surface area contributed by atoms with E-state index >= 15 is 0 Å². The molecular weight excluding hydrogens is 298 g/mol. The zero-order valence-corrected chi connectivity index (χ0v) is 11.1. The van der Waals surface area contributed by atoms with Crippen molar-refractivity contribution in [3.8, 4) is 5.69 Å². The van der Waals surface area contributed by atoms with Crippen molar-refractivity contribution in [2.24, 2.45) is 0 Å². The Morgan fingerprint density at radius 2 is 1.89 bits per heavy atom. The van der Waals surface area contributed by atoms with Gasteiger partial charge >= 0.3 is 5.97 Å². The molecule has 2 rings (SSSR count). The van der Waals surface area contributed by atoms with Gasteiger partial charge in [0.05, 0.1) is 0 Å². The summed E-state index contributed by atoms with van der Waals surface area (Å²) in [5, 5.41) is 9.07. The molecule has 4 nitrogen and oxygen atoms in total. The molecule has 2 aromatic rings. The van der Waals surface area contributed by atoms with Gasteiger partial charge in [-0.3, -0.25) is 9.36 Å². The number of carbonyl (C=O) groups is 1. The Hall–Kier alpha value is -1.88. The summed E-state index contributed by atoms with van der Waals surface area (Å²) < 4.78 is 1.68. The average molecular weight is 308 g/mol. The molecule has 5 heteroatoms. The van der Waals surface area contributed by atoms with E-state index in [2.05, 4.69) is 15.9 Å². The van der Waals surface area contributed by atoms with Crippen LogP contribution in [0.2, 0.25) is 0 Å². The SMILES string of the molecule is Cc1cc(Br)c(C(=O)O)c(=O)n1-c1ccccc1. The van der Waals surface area contributed by atoms with Crippen LogP contribution >= 0.6 is 15.9 Å². The Morgan fingerprint density at radius 3 is 2.44 bits per heavy atom. The van der Waals surface area contributed by atoms with E-state index in [1.165, 1.54) is 4.57 Å². The fraction of sp³-hybridized carbons (Fsp3) is 0.0769. The molecule has 0 saturated heterocycles. The number of aromatic carboxylic acids is 1. The van der Waals surface area contributed by atoms with Gasteiger partial charge in [0, 0.05) is 15.9 Å². The van der Waals surface area contributed by atoms with E-state index < -0.39 is 11.5 Å². The van der Waals surface area contributed by atoms with Gasteiger partial charge < -0.3 is 5.11 Å². The van der Waals surface area contributed by atoms with Crippen molar-refractivity contribution >= 4 is 21.9 Å². The summed E-state index contributed by atoms with van der Waals surface area (Å²) in [5.74, 6) is -1.24. The summed E-state index contributed by atoms with van der Waals surface area (Å²) in [5.41, 5.74) is 0.517. The number of carboxylic acid groups (broad SMARTS) is 1. The third kappa shape index (κ3) is 2.09.